The molecule has 0 aliphatic carbocycles. The van der Waals surface area contributed by atoms with E-state index in [2.05, 4.69) is 32.6 Å². The SMILES string of the molecule is CCCC(CCC)N(CC)CCC. The monoisotopic (exact) mass is 185 g/mol. The average molecular weight is 185 g/mol. The summed E-state index contributed by atoms with van der Waals surface area (Å²) in [6.45, 7) is 11.6. The van der Waals surface area contributed by atoms with Gasteiger partial charge in [-0.25, -0.2) is 0 Å². The molecule has 0 aromatic carbocycles. The Morgan fingerprint density at radius 2 is 1.38 bits per heavy atom. The summed E-state index contributed by atoms with van der Waals surface area (Å²) < 4.78 is 0. The highest BCUT2D eigenvalue weighted by Gasteiger charge is 2.13. The van der Waals surface area contributed by atoms with Crippen LogP contribution in [0.4, 0.5) is 0 Å². The molecular weight excluding hydrogens is 158 g/mol. The highest BCUT2D eigenvalue weighted by Crippen LogP contribution is 2.13. The summed E-state index contributed by atoms with van der Waals surface area (Å²) in [5, 5.41) is 0. The molecule has 0 atom stereocenters. The molecule has 0 N–H and O–H groups in total. The molecule has 0 aliphatic heterocycles. The van der Waals surface area contributed by atoms with Gasteiger partial charge in [0.15, 0.2) is 0 Å². The molecule has 0 spiro atoms. The third-order valence-corrected chi connectivity index (χ3v) is 2.68. The molecule has 0 amide bonds. The standard InChI is InChI=1S/C12H27N/c1-5-9-12(10-6-2)13(8-4)11-7-3/h12H,5-11H2,1-4H3. The Morgan fingerprint density at radius 1 is 0.846 bits per heavy atom. The van der Waals surface area contributed by atoms with Gasteiger partial charge in [0.1, 0.15) is 0 Å². The van der Waals surface area contributed by atoms with Gasteiger partial charge >= 0.3 is 0 Å². The minimum absolute atomic E-state index is 0.847. The molecule has 0 unspecified atom stereocenters. The zero-order valence-corrected chi connectivity index (χ0v) is 9.97. The highest BCUT2D eigenvalue weighted by molar-refractivity contribution is 4.69. The summed E-state index contributed by atoms with van der Waals surface area (Å²) in [7, 11) is 0. The van der Waals surface area contributed by atoms with E-state index in [9.17, 15) is 0 Å². The average Bonchev–Trinajstić information content (AvgIpc) is 2.14. The molecule has 80 valence electrons. The first-order valence-corrected chi connectivity index (χ1v) is 6.04. The molecule has 0 fully saturated rings. The summed E-state index contributed by atoms with van der Waals surface area (Å²) in [5.41, 5.74) is 0. The third kappa shape index (κ3) is 5.30. The normalized spacial score (nSPS) is 11.5. The van der Waals surface area contributed by atoms with Gasteiger partial charge < -0.3 is 4.90 Å². The fraction of sp³-hybridized carbons (Fsp3) is 1.00. The van der Waals surface area contributed by atoms with Crippen LogP contribution in [0, 0.1) is 0 Å². The number of hydrogen-bond donors (Lipinski definition) is 0. The van der Waals surface area contributed by atoms with Gasteiger partial charge in [-0.2, -0.15) is 0 Å². The maximum absolute atomic E-state index is 2.65. The second kappa shape index (κ2) is 8.55. The zero-order chi connectivity index (χ0) is 10.1. The molecule has 0 radical (unpaired) electrons. The van der Waals surface area contributed by atoms with Crippen LogP contribution in [-0.4, -0.2) is 24.0 Å². The second-order valence-electron chi connectivity index (χ2n) is 3.86. The summed E-state index contributed by atoms with van der Waals surface area (Å²) >= 11 is 0. The van der Waals surface area contributed by atoms with E-state index in [1.54, 1.807) is 0 Å². The van der Waals surface area contributed by atoms with Crippen LogP contribution in [0.2, 0.25) is 0 Å². The van der Waals surface area contributed by atoms with Crippen molar-refractivity contribution in [1.82, 2.24) is 4.90 Å². The first kappa shape index (κ1) is 13.0. The Labute approximate surface area is 84.5 Å². The van der Waals surface area contributed by atoms with Gasteiger partial charge in [0.25, 0.3) is 0 Å². The molecular formula is C12H27N. The van der Waals surface area contributed by atoms with E-state index in [4.69, 9.17) is 0 Å². The zero-order valence-electron chi connectivity index (χ0n) is 9.97. The molecule has 0 saturated heterocycles. The van der Waals surface area contributed by atoms with Gasteiger partial charge in [-0.1, -0.05) is 40.5 Å². The van der Waals surface area contributed by atoms with Crippen LogP contribution < -0.4 is 0 Å². The fourth-order valence-corrected chi connectivity index (χ4v) is 2.06. The minimum atomic E-state index is 0.847. The topological polar surface area (TPSA) is 3.24 Å². The molecule has 0 heterocycles. The van der Waals surface area contributed by atoms with Crippen LogP contribution in [0.1, 0.15) is 59.8 Å². The Balaban J connectivity index is 3.94. The van der Waals surface area contributed by atoms with Crippen molar-refractivity contribution < 1.29 is 0 Å². The fourth-order valence-electron chi connectivity index (χ4n) is 2.06. The molecule has 0 aromatic heterocycles. The van der Waals surface area contributed by atoms with E-state index in [1.165, 1.54) is 45.2 Å². The van der Waals surface area contributed by atoms with Crippen LogP contribution in [0.3, 0.4) is 0 Å². The first-order valence-electron chi connectivity index (χ1n) is 6.04. The van der Waals surface area contributed by atoms with E-state index in [-0.39, 0.29) is 0 Å². The maximum Gasteiger partial charge on any atom is 0.00949 e. The Morgan fingerprint density at radius 3 is 1.69 bits per heavy atom. The lowest BCUT2D eigenvalue weighted by Gasteiger charge is -2.30. The van der Waals surface area contributed by atoms with Gasteiger partial charge in [-0.05, 0) is 32.4 Å². The first-order chi connectivity index (χ1) is 6.29. The van der Waals surface area contributed by atoms with Crippen molar-refractivity contribution >= 4 is 0 Å². The lowest BCUT2D eigenvalue weighted by molar-refractivity contribution is 0.184. The molecule has 0 saturated carbocycles. The lowest BCUT2D eigenvalue weighted by Crippen LogP contribution is -2.35. The number of rotatable bonds is 8. The number of nitrogens with zero attached hydrogens (tertiary/aromatic N) is 1. The van der Waals surface area contributed by atoms with E-state index in [0.717, 1.165) is 6.04 Å². The summed E-state index contributed by atoms with van der Waals surface area (Å²) in [6, 6.07) is 0.847. The summed E-state index contributed by atoms with van der Waals surface area (Å²) in [4.78, 5) is 2.65. The molecule has 1 heteroatoms. The van der Waals surface area contributed by atoms with E-state index < -0.39 is 0 Å². The van der Waals surface area contributed by atoms with Gasteiger partial charge in [0.2, 0.25) is 0 Å². The molecule has 1 nitrogen and oxygen atoms in total. The van der Waals surface area contributed by atoms with Crippen molar-refractivity contribution in [3.8, 4) is 0 Å². The predicted molar refractivity (Wildman–Crippen MR) is 61.1 cm³/mol. The molecule has 0 rings (SSSR count). The smallest absolute Gasteiger partial charge is 0.00949 e. The minimum Gasteiger partial charge on any atom is -0.301 e. The van der Waals surface area contributed by atoms with Crippen LogP contribution in [0.15, 0.2) is 0 Å². The largest absolute Gasteiger partial charge is 0.301 e. The Hall–Kier alpha value is -0.0400. The van der Waals surface area contributed by atoms with E-state index in [0.29, 0.717) is 0 Å². The van der Waals surface area contributed by atoms with Crippen molar-refractivity contribution in [3.05, 3.63) is 0 Å². The number of hydrogen-bond acceptors (Lipinski definition) is 1. The van der Waals surface area contributed by atoms with Gasteiger partial charge in [0, 0.05) is 6.04 Å². The third-order valence-electron chi connectivity index (χ3n) is 2.68. The van der Waals surface area contributed by atoms with Crippen molar-refractivity contribution in [2.75, 3.05) is 13.1 Å². The maximum atomic E-state index is 2.65. The van der Waals surface area contributed by atoms with Crippen LogP contribution in [0.25, 0.3) is 0 Å². The quantitative estimate of drug-likeness (QED) is 0.557. The lowest BCUT2D eigenvalue weighted by atomic mass is 10.0. The second-order valence-corrected chi connectivity index (χ2v) is 3.86. The van der Waals surface area contributed by atoms with Crippen LogP contribution in [-0.2, 0) is 0 Å². The van der Waals surface area contributed by atoms with Gasteiger partial charge in [0.05, 0.1) is 0 Å². The van der Waals surface area contributed by atoms with E-state index in [1.807, 2.05) is 0 Å². The van der Waals surface area contributed by atoms with Gasteiger partial charge in [-0.3, -0.25) is 0 Å². The van der Waals surface area contributed by atoms with Crippen LogP contribution in [0.5, 0.6) is 0 Å². The summed E-state index contributed by atoms with van der Waals surface area (Å²) in [5.74, 6) is 0. The highest BCUT2D eigenvalue weighted by atomic mass is 15.1. The molecule has 0 aliphatic rings. The molecule has 0 bridgehead atoms. The van der Waals surface area contributed by atoms with Crippen molar-refractivity contribution in [1.29, 1.82) is 0 Å². The van der Waals surface area contributed by atoms with E-state index >= 15 is 0 Å². The molecule has 0 aromatic rings. The van der Waals surface area contributed by atoms with Crippen LogP contribution >= 0.6 is 0 Å². The van der Waals surface area contributed by atoms with Gasteiger partial charge in [-0.15, -0.1) is 0 Å². The molecule has 13 heavy (non-hydrogen) atoms. The summed E-state index contributed by atoms with van der Waals surface area (Å²) in [6.07, 6.45) is 6.69. The van der Waals surface area contributed by atoms with Crippen molar-refractivity contribution in [3.63, 3.8) is 0 Å². The Bertz CT molecular complexity index is 95.3. The predicted octanol–water partition coefficient (Wildman–Crippen LogP) is 3.69. The van der Waals surface area contributed by atoms with Crippen molar-refractivity contribution in [2.24, 2.45) is 0 Å². The van der Waals surface area contributed by atoms with Crippen molar-refractivity contribution in [2.45, 2.75) is 65.8 Å². The Kier molecular flexibility index (Phi) is 8.53.